The van der Waals surface area contributed by atoms with Gasteiger partial charge in [0.25, 0.3) is 0 Å². The Kier molecular flexibility index (Phi) is 13.6. The average molecular weight is 831 g/mol. The number of halogens is 6. The molecule has 2 N–H and O–H groups in total. The molecule has 4 aromatic rings. The fourth-order valence-electron chi connectivity index (χ4n) is 7.60. The van der Waals surface area contributed by atoms with Gasteiger partial charge in [0, 0.05) is 108 Å². The SMILES string of the molecule is NC[C@@H]1CC1CN1CCN(c2csc3cc(C(F)(F)F)ccc23)CC1.PP.[N-]=[N+]=NC[C@@H]1CC1CN1CCN(c2csc3cc(C(F)(F)F)ccc23)CC1. The first kappa shape index (κ1) is 41.2. The van der Waals surface area contributed by atoms with Crippen LogP contribution in [0, 0.1) is 23.7 Å². The molecule has 4 aliphatic rings. The molecule has 2 aromatic heterocycles. The number of alkyl halides is 6. The van der Waals surface area contributed by atoms with E-state index < -0.39 is 23.5 Å². The van der Waals surface area contributed by atoms with Gasteiger partial charge in [-0.1, -0.05) is 17.2 Å². The molecule has 294 valence electrons. The van der Waals surface area contributed by atoms with E-state index in [0.29, 0.717) is 33.7 Å². The molecule has 0 bridgehead atoms. The highest BCUT2D eigenvalue weighted by molar-refractivity contribution is 7.92. The lowest BCUT2D eigenvalue weighted by atomic mass is 10.1. The Bertz CT molecular complexity index is 1900. The van der Waals surface area contributed by atoms with Gasteiger partial charge in [-0.05, 0) is 72.9 Å². The molecule has 6 atom stereocenters. The van der Waals surface area contributed by atoms with Crippen molar-refractivity contribution in [3.8, 4) is 0 Å². The number of thiophene rings is 2. The van der Waals surface area contributed by atoms with Crippen molar-refractivity contribution in [1.82, 2.24) is 9.80 Å². The van der Waals surface area contributed by atoms with Crippen LogP contribution in [-0.4, -0.2) is 88.3 Å². The quantitative estimate of drug-likeness (QED) is 0.0598. The van der Waals surface area contributed by atoms with Crippen molar-refractivity contribution in [2.75, 3.05) is 88.3 Å². The lowest BCUT2D eigenvalue weighted by Crippen LogP contribution is -2.47. The molecule has 54 heavy (non-hydrogen) atoms. The Morgan fingerprint density at radius 1 is 0.685 bits per heavy atom. The summed E-state index contributed by atoms with van der Waals surface area (Å²) in [4.78, 5) is 12.3. The number of hydrogen-bond acceptors (Lipinski definition) is 8. The summed E-state index contributed by atoms with van der Waals surface area (Å²) in [5, 5.41) is 9.45. The van der Waals surface area contributed by atoms with E-state index in [-0.39, 0.29) is 0 Å². The van der Waals surface area contributed by atoms with Crippen LogP contribution in [0.4, 0.5) is 37.7 Å². The highest BCUT2D eigenvalue weighted by atomic mass is 32.1. The van der Waals surface area contributed by atoms with Crippen molar-refractivity contribution in [1.29, 1.82) is 0 Å². The van der Waals surface area contributed by atoms with Gasteiger partial charge in [0.2, 0.25) is 0 Å². The maximum Gasteiger partial charge on any atom is 0.416 e. The monoisotopic (exact) mass is 830 g/mol. The molecule has 18 heteroatoms. The van der Waals surface area contributed by atoms with Crippen molar-refractivity contribution >= 4 is 72.1 Å². The summed E-state index contributed by atoms with van der Waals surface area (Å²) in [6.45, 7) is 11.1. The Morgan fingerprint density at radius 3 is 1.50 bits per heavy atom. The average Bonchev–Trinajstić information content (AvgIpc) is 4.00. The highest BCUT2D eigenvalue weighted by Gasteiger charge is 2.39. The molecule has 0 amide bonds. The van der Waals surface area contributed by atoms with Crippen LogP contribution in [0.3, 0.4) is 0 Å². The summed E-state index contributed by atoms with van der Waals surface area (Å²) in [7, 11) is 4.67. The van der Waals surface area contributed by atoms with E-state index in [0.717, 1.165) is 106 Å². The van der Waals surface area contributed by atoms with Gasteiger partial charge in [-0.15, -0.1) is 40.5 Å². The standard InChI is InChI=1S/C18H20F3N5S.C18H22F3N3S.H4P2/c19-18(20,21)14-1-2-15-16(11-27-17(15)8-14)26-5-3-25(4-6-26)10-13-7-12(13)9-23-24-22;19-18(20,21)14-1-2-15-16(11-25-17(15)8-14)24-5-3-23(4-6-24)10-13-7-12(13)9-22;1-2/h1-2,8,11-13H,3-7,9-10H2;1-2,8,11-13H,3-7,9-10,22H2;1-2H2/t2*12-,13?;/m00./s1. The van der Waals surface area contributed by atoms with Crippen LogP contribution in [0.2, 0.25) is 0 Å². The molecule has 8 nitrogen and oxygen atoms in total. The number of anilines is 2. The minimum atomic E-state index is -4.30. The van der Waals surface area contributed by atoms with E-state index in [9.17, 15) is 26.3 Å². The molecule has 2 saturated carbocycles. The first-order valence-corrected chi connectivity index (χ1v) is 22.5. The molecule has 2 aliphatic carbocycles. The smallest absolute Gasteiger partial charge is 0.368 e. The molecule has 0 radical (unpaired) electrons. The van der Waals surface area contributed by atoms with E-state index in [4.69, 9.17) is 11.3 Å². The summed E-state index contributed by atoms with van der Waals surface area (Å²) < 4.78 is 78.6. The number of piperazine rings is 2. The van der Waals surface area contributed by atoms with Crippen molar-refractivity contribution in [2.45, 2.75) is 25.2 Å². The number of fused-ring (bicyclic) bond motifs is 2. The number of hydrogen-bond donors (Lipinski definition) is 1. The summed E-state index contributed by atoms with van der Waals surface area (Å²) in [6, 6.07) is 8.09. The summed E-state index contributed by atoms with van der Waals surface area (Å²) in [5.41, 5.74) is 15.0. The number of nitrogens with two attached hydrogens (primary N) is 1. The van der Waals surface area contributed by atoms with E-state index in [1.807, 2.05) is 10.8 Å². The number of nitrogens with zero attached hydrogens (tertiary/aromatic N) is 7. The second kappa shape index (κ2) is 17.8. The predicted molar refractivity (Wildman–Crippen MR) is 217 cm³/mol. The lowest BCUT2D eigenvalue weighted by molar-refractivity contribution is -0.138. The Labute approximate surface area is 323 Å². The number of benzene rings is 2. The minimum absolute atomic E-state index is 0.530. The molecule has 2 aromatic carbocycles. The third-order valence-electron chi connectivity index (χ3n) is 11.0. The zero-order valence-electron chi connectivity index (χ0n) is 29.8. The third kappa shape index (κ3) is 10.1. The van der Waals surface area contributed by atoms with Crippen molar-refractivity contribution in [2.24, 2.45) is 34.5 Å². The summed E-state index contributed by atoms with van der Waals surface area (Å²) in [5.74, 6) is 2.63. The molecule has 4 unspecified atom stereocenters. The van der Waals surface area contributed by atoms with Crippen LogP contribution in [0.1, 0.15) is 24.0 Å². The van der Waals surface area contributed by atoms with Gasteiger partial charge >= 0.3 is 12.4 Å². The van der Waals surface area contributed by atoms with Crippen LogP contribution in [0.15, 0.2) is 52.3 Å². The zero-order chi connectivity index (χ0) is 38.6. The second-order valence-electron chi connectivity index (χ2n) is 14.4. The minimum Gasteiger partial charge on any atom is -0.368 e. The van der Waals surface area contributed by atoms with Gasteiger partial charge in [0.15, 0.2) is 0 Å². The molecule has 2 saturated heterocycles. The molecule has 4 fully saturated rings. The normalized spacial score (nSPS) is 23.4. The summed E-state index contributed by atoms with van der Waals surface area (Å²) in [6.07, 6.45) is -6.19. The Hall–Kier alpha value is -2.41. The number of azide groups is 1. The van der Waals surface area contributed by atoms with Gasteiger partial charge in [0.1, 0.15) is 0 Å². The van der Waals surface area contributed by atoms with Crippen LogP contribution in [0.25, 0.3) is 30.6 Å². The van der Waals surface area contributed by atoms with Gasteiger partial charge in [-0.2, -0.15) is 26.3 Å². The molecule has 8 rings (SSSR count). The van der Waals surface area contributed by atoms with E-state index in [1.54, 1.807) is 12.1 Å². The largest absolute Gasteiger partial charge is 0.416 e. The molecular formula is C36H46F6N8P2S2. The fourth-order valence-corrected chi connectivity index (χ4v) is 9.62. The predicted octanol–water partition coefficient (Wildman–Crippen LogP) is 9.28. The second-order valence-corrected chi connectivity index (χ2v) is 16.2. The Morgan fingerprint density at radius 2 is 1.11 bits per heavy atom. The Balaban J connectivity index is 0.000000177. The molecule has 0 spiro atoms. The van der Waals surface area contributed by atoms with Crippen LogP contribution in [-0.2, 0) is 12.4 Å². The first-order valence-electron chi connectivity index (χ1n) is 18.1. The van der Waals surface area contributed by atoms with Gasteiger partial charge in [-0.3, -0.25) is 9.80 Å². The maximum atomic E-state index is 12.9. The van der Waals surface area contributed by atoms with Crippen LogP contribution < -0.4 is 15.5 Å². The van der Waals surface area contributed by atoms with Gasteiger partial charge in [0.05, 0.1) is 22.5 Å². The highest BCUT2D eigenvalue weighted by Crippen LogP contribution is 2.42. The number of rotatable bonds is 9. The maximum absolute atomic E-state index is 12.9. The van der Waals surface area contributed by atoms with Crippen molar-refractivity contribution in [3.05, 3.63) is 68.7 Å². The van der Waals surface area contributed by atoms with E-state index >= 15 is 0 Å². The molecule has 4 heterocycles. The van der Waals surface area contributed by atoms with E-state index in [2.05, 4.69) is 47.5 Å². The molecular weight excluding hydrogens is 785 g/mol. The fraction of sp³-hybridized carbons (Fsp3) is 0.556. The zero-order valence-corrected chi connectivity index (χ0v) is 33.7. The topological polar surface area (TPSA) is 87.7 Å². The summed E-state index contributed by atoms with van der Waals surface area (Å²) >= 11 is 2.77. The van der Waals surface area contributed by atoms with E-state index in [1.165, 1.54) is 53.4 Å². The van der Waals surface area contributed by atoms with Crippen molar-refractivity contribution < 1.29 is 26.3 Å². The first-order chi connectivity index (χ1) is 25.9. The van der Waals surface area contributed by atoms with Gasteiger partial charge < -0.3 is 15.5 Å². The van der Waals surface area contributed by atoms with Crippen molar-refractivity contribution in [3.63, 3.8) is 0 Å². The van der Waals surface area contributed by atoms with Crippen LogP contribution in [0.5, 0.6) is 0 Å². The van der Waals surface area contributed by atoms with Crippen LogP contribution >= 0.6 is 40.5 Å². The van der Waals surface area contributed by atoms with Gasteiger partial charge in [-0.25, -0.2) is 0 Å². The molecule has 2 aliphatic heterocycles. The lowest BCUT2D eigenvalue weighted by Gasteiger charge is -2.36. The third-order valence-corrected chi connectivity index (χ3v) is 12.9.